The Morgan fingerprint density at radius 2 is 1.86 bits per heavy atom. The van der Waals surface area contributed by atoms with Crippen LogP contribution in [0.3, 0.4) is 0 Å². The lowest BCUT2D eigenvalue weighted by molar-refractivity contribution is 0.475. The van der Waals surface area contributed by atoms with Crippen LogP contribution in [0.2, 0.25) is 0 Å². The lowest BCUT2D eigenvalue weighted by atomic mass is 10.3. The Kier molecular flexibility index (Phi) is 5.38. The van der Waals surface area contributed by atoms with Crippen LogP contribution in [0, 0.1) is 0 Å². The highest BCUT2D eigenvalue weighted by atomic mass is 32.2. The Bertz CT molecular complexity index is 702. The van der Waals surface area contributed by atoms with Gasteiger partial charge in [0.25, 0.3) is 0 Å². The molecule has 0 aliphatic rings. The summed E-state index contributed by atoms with van der Waals surface area (Å²) < 4.78 is 26.5. The number of rotatable bonds is 7. The summed E-state index contributed by atoms with van der Waals surface area (Å²) in [5, 5.41) is 10.0. The van der Waals surface area contributed by atoms with Gasteiger partial charge >= 0.3 is 0 Å². The lowest BCUT2D eigenvalue weighted by Gasteiger charge is -2.24. The van der Waals surface area contributed by atoms with Gasteiger partial charge in [-0.05, 0) is 30.7 Å². The summed E-state index contributed by atoms with van der Waals surface area (Å²) in [6, 6.07) is 11.8. The Hall–Kier alpha value is -2.08. The van der Waals surface area contributed by atoms with E-state index in [-0.39, 0.29) is 23.7 Å². The van der Waals surface area contributed by atoms with E-state index in [2.05, 4.69) is 4.98 Å². The normalized spacial score (nSPS) is 11.3. The molecule has 118 valence electrons. The molecular formula is C16H20N2O3S. The summed E-state index contributed by atoms with van der Waals surface area (Å²) in [7, 11) is -3.52. The fourth-order valence-electron chi connectivity index (χ4n) is 2.08. The molecule has 0 aliphatic heterocycles. The van der Waals surface area contributed by atoms with E-state index in [0.717, 1.165) is 6.42 Å². The van der Waals surface area contributed by atoms with Crippen molar-refractivity contribution >= 4 is 15.7 Å². The van der Waals surface area contributed by atoms with E-state index in [0.29, 0.717) is 12.1 Å². The van der Waals surface area contributed by atoms with Gasteiger partial charge in [0.2, 0.25) is 10.0 Å². The van der Waals surface area contributed by atoms with Gasteiger partial charge in [0, 0.05) is 6.20 Å². The third kappa shape index (κ3) is 3.98. The molecule has 0 unspecified atom stereocenters. The second kappa shape index (κ2) is 7.26. The van der Waals surface area contributed by atoms with E-state index >= 15 is 0 Å². The van der Waals surface area contributed by atoms with E-state index in [1.807, 2.05) is 13.0 Å². The van der Waals surface area contributed by atoms with Crippen LogP contribution in [-0.2, 0) is 16.6 Å². The fourth-order valence-corrected chi connectivity index (χ4v) is 3.74. The molecule has 5 nitrogen and oxygen atoms in total. The zero-order valence-corrected chi connectivity index (χ0v) is 13.3. The lowest BCUT2D eigenvalue weighted by Crippen LogP contribution is -2.33. The molecule has 0 saturated carbocycles. The molecule has 1 N–H and O–H groups in total. The summed E-state index contributed by atoms with van der Waals surface area (Å²) in [6.45, 7) is 2.04. The highest BCUT2D eigenvalue weighted by Gasteiger charge is 2.24. The van der Waals surface area contributed by atoms with E-state index in [9.17, 15) is 13.5 Å². The standard InChI is InChI=1S/C16H20N2O3S/c1-2-3-12-22(20,21)18(13-14-8-6-7-11-17-14)15-9-4-5-10-16(15)19/h4-11,19H,2-3,12-13H2,1H3. The average molecular weight is 320 g/mol. The van der Waals surface area contributed by atoms with Crippen LogP contribution in [0.15, 0.2) is 48.7 Å². The number of sulfonamides is 1. The minimum atomic E-state index is -3.52. The first-order chi connectivity index (χ1) is 10.5. The smallest absolute Gasteiger partial charge is 0.235 e. The van der Waals surface area contributed by atoms with Crippen LogP contribution in [0.4, 0.5) is 5.69 Å². The predicted molar refractivity (Wildman–Crippen MR) is 87.2 cm³/mol. The number of aromatic hydroxyl groups is 1. The molecule has 0 spiro atoms. The Morgan fingerprint density at radius 1 is 1.14 bits per heavy atom. The number of hydrogen-bond donors (Lipinski definition) is 1. The summed E-state index contributed by atoms with van der Waals surface area (Å²) in [5.74, 6) is -0.0106. The summed E-state index contributed by atoms with van der Waals surface area (Å²) in [4.78, 5) is 4.18. The van der Waals surface area contributed by atoms with Crippen LogP contribution in [-0.4, -0.2) is 24.3 Å². The molecule has 0 atom stereocenters. The van der Waals surface area contributed by atoms with Crippen molar-refractivity contribution in [2.45, 2.75) is 26.3 Å². The molecule has 0 aliphatic carbocycles. The largest absolute Gasteiger partial charge is 0.506 e. The van der Waals surface area contributed by atoms with Gasteiger partial charge in [0.15, 0.2) is 0 Å². The van der Waals surface area contributed by atoms with Crippen LogP contribution in [0.1, 0.15) is 25.5 Å². The van der Waals surface area contributed by atoms with Gasteiger partial charge in [-0.15, -0.1) is 0 Å². The SMILES string of the molecule is CCCCS(=O)(=O)N(Cc1ccccn1)c1ccccc1O. The average Bonchev–Trinajstić information content (AvgIpc) is 2.52. The van der Waals surface area contributed by atoms with E-state index in [1.54, 1.807) is 36.5 Å². The monoisotopic (exact) mass is 320 g/mol. The van der Waals surface area contributed by atoms with Crippen molar-refractivity contribution in [3.8, 4) is 5.75 Å². The van der Waals surface area contributed by atoms with Crippen molar-refractivity contribution in [2.24, 2.45) is 0 Å². The van der Waals surface area contributed by atoms with Gasteiger partial charge in [0.05, 0.1) is 23.7 Å². The third-order valence-electron chi connectivity index (χ3n) is 3.27. The van der Waals surface area contributed by atoms with Gasteiger partial charge in [-0.3, -0.25) is 9.29 Å². The zero-order chi connectivity index (χ0) is 16.0. The van der Waals surface area contributed by atoms with Crippen LogP contribution >= 0.6 is 0 Å². The van der Waals surface area contributed by atoms with Gasteiger partial charge in [-0.2, -0.15) is 0 Å². The number of para-hydroxylation sites is 2. The fraction of sp³-hybridized carbons (Fsp3) is 0.312. The summed E-state index contributed by atoms with van der Waals surface area (Å²) in [5.41, 5.74) is 0.912. The van der Waals surface area contributed by atoms with Gasteiger partial charge < -0.3 is 5.11 Å². The van der Waals surface area contributed by atoms with Gasteiger partial charge in [-0.1, -0.05) is 31.5 Å². The molecule has 0 amide bonds. The van der Waals surface area contributed by atoms with Crippen molar-refractivity contribution in [1.29, 1.82) is 0 Å². The number of pyridine rings is 1. The molecule has 0 bridgehead atoms. The minimum absolute atomic E-state index is 0.0463. The van der Waals surface area contributed by atoms with Crippen molar-refractivity contribution in [1.82, 2.24) is 4.98 Å². The number of nitrogens with zero attached hydrogens (tertiary/aromatic N) is 2. The van der Waals surface area contributed by atoms with E-state index < -0.39 is 10.0 Å². The molecule has 1 heterocycles. The molecule has 0 fully saturated rings. The maximum Gasteiger partial charge on any atom is 0.235 e. The number of unbranched alkanes of at least 4 members (excludes halogenated alkanes) is 1. The molecule has 22 heavy (non-hydrogen) atoms. The number of benzene rings is 1. The first-order valence-corrected chi connectivity index (χ1v) is 8.84. The molecular weight excluding hydrogens is 300 g/mol. The maximum absolute atomic E-state index is 12.6. The number of hydrogen-bond acceptors (Lipinski definition) is 4. The Labute approximate surface area is 131 Å². The summed E-state index contributed by atoms with van der Waals surface area (Å²) >= 11 is 0. The molecule has 1 aromatic carbocycles. The zero-order valence-electron chi connectivity index (χ0n) is 12.5. The Morgan fingerprint density at radius 3 is 2.50 bits per heavy atom. The first kappa shape index (κ1) is 16.3. The van der Waals surface area contributed by atoms with Crippen LogP contribution in [0.5, 0.6) is 5.75 Å². The molecule has 2 rings (SSSR count). The highest BCUT2D eigenvalue weighted by molar-refractivity contribution is 7.92. The Balaban J connectivity index is 2.39. The number of anilines is 1. The molecule has 1 aromatic heterocycles. The van der Waals surface area contributed by atoms with Crippen molar-refractivity contribution in [3.63, 3.8) is 0 Å². The molecule has 2 aromatic rings. The van der Waals surface area contributed by atoms with Crippen molar-refractivity contribution in [3.05, 3.63) is 54.4 Å². The number of aromatic nitrogens is 1. The third-order valence-corrected chi connectivity index (χ3v) is 5.08. The van der Waals surface area contributed by atoms with Crippen LogP contribution < -0.4 is 4.31 Å². The van der Waals surface area contributed by atoms with Gasteiger partial charge in [-0.25, -0.2) is 8.42 Å². The summed E-state index contributed by atoms with van der Waals surface area (Å²) in [6.07, 6.45) is 2.99. The second-order valence-corrected chi connectivity index (χ2v) is 7.00. The minimum Gasteiger partial charge on any atom is -0.506 e. The number of phenolic OH excluding ortho intramolecular Hbond substituents is 1. The maximum atomic E-state index is 12.6. The first-order valence-electron chi connectivity index (χ1n) is 7.23. The second-order valence-electron chi connectivity index (χ2n) is 4.99. The molecule has 0 saturated heterocycles. The quantitative estimate of drug-likeness (QED) is 0.851. The van der Waals surface area contributed by atoms with Crippen LogP contribution in [0.25, 0.3) is 0 Å². The molecule has 6 heteroatoms. The topological polar surface area (TPSA) is 70.5 Å². The molecule has 0 radical (unpaired) electrons. The van der Waals surface area contributed by atoms with E-state index in [1.165, 1.54) is 10.4 Å². The van der Waals surface area contributed by atoms with E-state index in [4.69, 9.17) is 0 Å². The predicted octanol–water partition coefficient (Wildman–Crippen LogP) is 2.92. The van der Waals surface area contributed by atoms with Gasteiger partial charge in [0.1, 0.15) is 5.75 Å². The van der Waals surface area contributed by atoms with Crippen molar-refractivity contribution < 1.29 is 13.5 Å². The highest BCUT2D eigenvalue weighted by Crippen LogP contribution is 2.30. The van der Waals surface area contributed by atoms with Crippen molar-refractivity contribution in [2.75, 3.05) is 10.1 Å². The number of phenols is 1.